The number of hydrogen-bond donors (Lipinski definition) is 0. The van der Waals surface area contributed by atoms with Crippen LogP contribution < -0.4 is 0 Å². The highest BCUT2D eigenvalue weighted by molar-refractivity contribution is 5.16. The van der Waals surface area contributed by atoms with Crippen LogP contribution in [0.1, 0.15) is 63.9 Å². The van der Waals surface area contributed by atoms with Gasteiger partial charge in [0.1, 0.15) is 0 Å². The normalized spacial score (nSPS) is 21.1. The fourth-order valence-corrected chi connectivity index (χ4v) is 2.44. The standard InChI is InChI=1S/C13H22N2/c1-9(2)12-8-11-6-5-7-13(10(3)4)15(11)14-12/h8-10,13H,5-7H2,1-4H3. The highest BCUT2D eigenvalue weighted by Gasteiger charge is 2.24. The molecule has 1 aromatic rings. The van der Waals surface area contributed by atoms with Gasteiger partial charge in [0.15, 0.2) is 0 Å². The fourth-order valence-electron chi connectivity index (χ4n) is 2.44. The van der Waals surface area contributed by atoms with Crippen LogP contribution in [0.4, 0.5) is 0 Å². The average Bonchev–Trinajstić information content (AvgIpc) is 2.60. The smallest absolute Gasteiger partial charge is 0.0653 e. The molecule has 1 aromatic heterocycles. The number of aryl methyl sites for hydroxylation is 1. The predicted molar refractivity (Wildman–Crippen MR) is 63.1 cm³/mol. The van der Waals surface area contributed by atoms with Gasteiger partial charge in [-0.1, -0.05) is 27.7 Å². The van der Waals surface area contributed by atoms with Crippen molar-refractivity contribution in [1.29, 1.82) is 0 Å². The van der Waals surface area contributed by atoms with Gasteiger partial charge in [-0.2, -0.15) is 5.10 Å². The van der Waals surface area contributed by atoms with Crippen LogP contribution in [0.25, 0.3) is 0 Å². The number of fused-ring (bicyclic) bond motifs is 1. The summed E-state index contributed by atoms with van der Waals surface area (Å²) in [5.41, 5.74) is 2.71. The topological polar surface area (TPSA) is 17.8 Å². The maximum Gasteiger partial charge on any atom is 0.0653 e. The van der Waals surface area contributed by atoms with Gasteiger partial charge >= 0.3 is 0 Å². The van der Waals surface area contributed by atoms with Gasteiger partial charge in [0, 0.05) is 5.69 Å². The van der Waals surface area contributed by atoms with Crippen molar-refractivity contribution < 1.29 is 0 Å². The first-order valence-corrected chi connectivity index (χ1v) is 6.18. The van der Waals surface area contributed by atoms with Crippen molar-refractivity contribution in [3.63, 3.8) is 0 Å². The van der Waals surface area contributed by atoms with Gasteiger partial charge in [-0.25, -0.2) is 0 Å². The van der Waals surface area contributed by atoms with Crippen molar-refractivity contribution in [3.8, 4) is 0 Å². The minimum atomic E-state index is 0.552. The fraction of sp³-hybridized carbons (Fsp3) is 0.769. The van der Waals surface area contributed by atoms with Gasteiger partial charge in [0.2, 0.25) is 0 Å². The summed E-state index contributed by atoms with van der Waals surface area (Å²) >= 11 is 0. The average molecular weight is 206 g/mol. The van der Waals surface area contributed by atoms with Crippen molar-refractivity contribution in [1.82, 2.24) is 9.78 Å². The molecule has 2 nitrogen and oxygen atoms in total. The minimum absolute atomic E-state index is 0.552. The highest BCUT2D eigenvalue weighted by atomic mass is 15.3. The molecular formula is C13H22N2. The van der Waals surface area contributed by atoms with Crippen LogP contribution in [0.5, 0.6) is 0 Å². The summed E-state index contributed by atoms with van der Waals surface area (Å²) in [6.45, 7) is 9.05. The lowest BCUT2D eigenvalue weighted by Gasteiger charge is -2.27. The summed E-state index contributed by atoms with van der Waals surface area (Å²) in [5, 5.41) is 4.77. The van der Waals surface area contributed by atoms with Crippen LogP contribution in [0.3, 0.4) is 0 Å². The summed E-state index contributed by atoms with van der Waals surface area (Å²) in [6.07, 6.45) is 3.83. The van der Waals surface area contributed by atoms with E-state index in [-0.39, 0.29) is 0 Å². The highest BCUT2D eigenvalue weighted by Crippen LogP contribution is 2.31. The van der Waals surface area contributed by atoms with Crippen molar-refractivity contribution in [2.75, 3.05) is 0 Å². The van der Waals surface area contributed by atoms with E-state index in [0.717, 1.165) is 0 Å². The quantitative estimate of drug-likeness (QED) is 0.723. The molecule has 0 radical (unpaired) electrons. The second kappa shape index (κ2) is 3.99. The Morgan fingerprint density at radius 2 is 2.07 bits per heavy atom. The zero-order valence-corrected chi connectivity index (χ0v) is 10.3. The predicted octanol–water partition coefficient (Wildman–Crippen LogP) is 3.54. The summed E-state index contributed by atoms with van der Waals surface area (Å²) in [5.74, 6) is 1.25. The molecule has 0 saturated heterocycles. The molecule has 0 fully saturated rings. The third-order valence-electron chi connectivity index (χ3n) is 3.44. The van der Waals surface area contributed by atoms with E-state index in [1.807, 2.05) is 0 Å². The molecule has 1 unspecified atom stereocenters. The lowest BCUT2D eigenvalue weighted by molar-refractivity contribution is 0.285. The van der Waals surface area contributed by atoms with Crippen LogP contribution in [0, 0.1) is 5.92 Å². The first-order valence-electron chi connectivity index (χ1n) is 6.18. The van der Waals surface area contributed by atoms with Gasteiger partial charge in [-0.15, -0.1) is 0 Å². The monoisotopic (exact) mass is 206 g/mol. The van der Waals surface area contributed by atoms with Crippen molar-refractivity contribution >= 4 is 0 Å². The molecule has 0 bridgehead atoms. The molecule has 0 amide bonds. The zero-order valence-electron chi connectivity index (χ0n) is 10.3. The van der Waals surface area contributed by atoms with E-state index in [1.54, 1.807) is 0 Å². The summed E-state index contributed by atoms with van der Waals surface area (Å²) in [6, 6.07) is 2.93. The number of rotatable bonds is 2. The zero-order chi connectivity index (χ0) is 11.0. The summed E-state index contributed by atoms with van der Waals surface area (Å²) in [7, 11) is 0. The van der Waals surface area contributed by atoms with E-state index < -0.39 is 0 Å². The Kier molecular flexibility index (Phi) is 2.85. The lowest BCUT2D eigenvalue weighted by atomic mass is 9.94. The van der Waals surface area contributed by atoms with E-state index in [4.69, 9.17) is 5.10 Å². The van der Waals surface area contributed by atoms with Crippen LogP contribution in [-0.2, 0) is 6.42 Å². The number of nitrogens with zero attached hydrogens (tertiary/aromatic N) is 2. The largest absolute Gasteiger partial charge is 0.266 e. The minimum Gasteiger partial charge on any atom is -0.266 e. The van der Waals surface area contributed by atoms with Crippen LogP contribution in [-0.4, -0.2) is 9.78 Å². The maximum absolute atomic E-state index is 4.77. The van der Waals surface area contributed by atoms with Crippen LogP contribution >= 0.6 is 0 Å². The first kappa shape index (κ1) is 10.7. The molecule has 1 aliphatic rings. The molecule has 2 heterocycles. The van der Waals surface area contributed by atoms with Crippen molar-refractivity contribution in [2.24, 2.45) is 5.92 Å². The Labute approximate surface area is 92.7 Å². The number of hydrogen-bond acceptors (Lipinski definition) is 1. The molecular weight excluding hydrogens is 184 g/mol. The van der Waals surface area contributed by atoms with Crippen LogP contribution in [0.2, 0.25) is 0 Å². The molecule has 0 spiro atoms. The van der Waals surface area contributed by atoms with Crippen LogP contribution in [0.15, 0.2) is 6.07 Å². The first-order chi connectivity index (χ1) is 7.09. The van der Waals surface area contributed by atoms with Gasteiger partial charge in [-0.05, 0) is 37.2 Å². The second-order valence-corrected chi connectivity index (χ2v) is 5.36. The molecule has 0 aliphatic carbocycles. The molecule has 84 valence electrons. The van der Waals surface area contributed by atoms with Gasteiger partial charge in [0.25, 0.3) is 0 Å². The Balaban J connectivity index is 2.34. The van der Waals surface area contributed by atoms with E-state index in [2.05, 4.69) is 38.4 Å². The van der Waals surface area contributed by atoms with Gasteiger partial charge in [-0.3, -0.25) is 4.68 Å². The lowest BCUT2D eigenvalue weighted by Crippen LogP contribution is -2.23. The molecule has 15 heavy (non-hydrogen) atoms. The molecule has 0 N–H and O–H groups in total. The third kappa shape index (κ3) is 1.95. The molecule has 0 aromatic carbocycles. The molecule has 1 atom stereocenters. The SMILES string of the molecule is CC(C)c1cc2n(n1)C(C(C)C)CCC2. The Morgan fingerprint density at radius 3 is 2.67 bits per heavy atom. The van der Waals surface area contributed by atoms with Gasteiger partial charge in [0.05, 0.1) is 11.7 Å². The van der Waals surface area contributed by atoms with E-state index in [9.17, 15) is 0 Å². The summed E-state index contributed by atoms with van der Waals surface area (Å²) < 4.78 is 2.30. The Morgan fingerprint density at radius 1 is 1.33 bits per heavy atom. The van der Waals surface area contributed by atoms with E-state index in [0.29, 0.717) is 17.9 Å². The molecule has 2 rings (SSSR count). The third-order valence-corrected chi connectivity index (χ3v) is 3.44. The van der Waals surface area contributed by atoms with E-state index >= 15 is 0 Å². The summed E-state index contributed by atoms with van der Waals surface area (Å²) in [4.78, 5) is 0. The molecule has 1 aliphatic heterocycles. The van der Waals surface area contributed by atoms with Gasteiger partial charge < -0.3 is 0 Å². The number of aromatic nitrogens is 2. The maximum atomic E-state index is 4.77. The Bertz CT molecular complexity index is 336. The molecule has 2 heteroatoms. The van der Waals surface area contributed by atoms with Crippen molar-refractivity contribution in [2.45, 2.75) is 58.9 Å². The Hall–Kier alpha value is -0.790. The second-order valence-electron chi connectivity index (χ2n) is 5.36. The molecule has 0 saturated carbocycles. The van der Waals surface area contributed by atoms with E-state index in [1.165, 1.54) is 30.7 Å². The van der Waals surface area contributed by atoms with Crippen molar-refractivity contribution in [3.05, 3.63) is 17.5 Å².